The molecule has 0 spiro atoms. The van der Waals surface area contributed by atoms with Crippen LogP contribution in [0.3, 0.4) is 0 Å². The third-order valence-corrected chi connectivity index (χ3v) is 2.99. The number of ether oxygens (including phenoxy) is 2. The van der Waals surface area contributed by atoms with E-state index >= 15 is 0 Å². The van der Waals surface area contributed by atoms with Gasteiger partial charge in [0, 0.05) is 45.2 Å². The molecule has 0 radical (unpaired) electrons. The van der Waals surface area contributed by atoms with Gasteiger partial charge >= 0.3 is 5.97 Å². The maximum absolute atomic E-state index is 10.7. The number of aromatic amines is 1. The summed E-state index contributed by atoms with van der Waals surface area (Å²) in [5.41, 5.74) is 0.295. The summed E-state index contributed by atoms with van der Waals surface area (Å²) >= 11 is 0. The van der Waals surface area contributed by atoms with Crippen LogP contribution in [0.25, 0.3) is 0 Å². The summed E-state index contributed by atoms with van der Waals surface area (Å²) in [5.74, 6) is 3.96. The van der Waals surface area contributed by atoms with Gasteiger partial charge in [-0.3, -0.25) is 0 Å². The fourth-order valence-electron chi connectivity index (χ4n) is 1.94. The molecule has 0 aliphatic rings. The molecule has 1 rings (SSSR count). The number of carbonyl (C=O) groups is 1. The van der Waals surface area contributed by atoms with Gasteiger partial charge in [-0.05, 0) is 25.0 Å². The zero-order valence-electron chi connectivity index (χ0n) is 11.2. The van der Waals surface area contributed by atoms with Crippen molar-refractivity contribution in [2.45, 2.75) is 18.3 Å². The molecule has 0 saturated heterocycles. The van der Waals surface area contributed by atoms with Crippen LogP contribution >= 0.6 is 0 Å². The quantitative estimate of drug-likeness (QED) is 0.731. The second-order valence-corrected chi connectivity index (χ2v) is 4.21. The number of methoxy groups -OCH3 is 2. The van der Waals surface area contributed by atoms with Crippen molar-refractivity contribution >= 4 is 5.97 Å². The summed E-state index contributed by atoms with van der Waals surface area (Å²) in [4.78, 5) is 13.8. The van der Waals surface area contributed by atoms with Gasteiger partial charge in [-0.1, -0.05) is 5.92 Å². The largest absolute Gasteiger partial charge is 0.472 e. The first kappa shape index (κ1) is 15.3. The third-order valence-electron chi connectivity index (χ3n) is 2.99. The summed E-state index contributed by atoms with van der Waals surface area (Å²) in [6, 6.07) is 3.77. The minimum absolute atomic E-state index is 0.497. The zero-order chi connectivity index (χ0) is 14.1. The van der Waals surface area contributed by atoms with E-state index in [2.05, 4.69) is 16.8 Å². The molecule has 0 aliphatic carbocycles. The molecular weight excluding hydrogens is 246 g/mol. The van der Waals surface area contributed by atoms with Gasteiger partial charge in [-0.2, -0.15) is 0 Å². The highest BCUT2D eigenvalue weighted by atomic mass is 16.5. The van der Waals surface area contributed by atoms with Crippen LogP contribution in [0.4, 0.5) is 0 Å². The van der Waals surface area contributed by atoms with Crippen LogP contribution in [-0.2, 0) is 19.7 Å². The highest BCUT2D eigenvalue weighted by Crippen LogP contribution is 2.30. The van der Waals surface area contributed by atoms with Crippen LogP contribution < -0.4 is 0 Å². The molecule has 19 heavy (non-hydrogen) atoms. The number of hydrogen-bond donors (Lipinski definition) is 2. The van der Waals surface area contributed by atoms with Crippen molar-refractivity contribution in [2.24, 2.45) is 0 Å². The monoisotopic (exact) mass is 265 g/mol. The summed E-state index contributed by atoms with van der Waals surface area (Å²) in [6.07, 6.45) is 3.01. The van der Waals surface area contributed by atoms with Crippen LogP contribution in [0, 0.1) is 11.8 Å². The molecule has 5 heteroatoms. The number of H-pyrrole nitrogens is 1. The first-order valence-corrected chi connectivity index (χ1v) is 6.02. The number of hydrogen-bond acceptors (Lipinski definition) is 3. The molecule has 5 nitrogen and oxygen atoms in total. The predicted molar refractivity (Wildman–Crippen MR) is 70.9 cm³/mol. The Kier molecular flexibility index (Phi) is 6.13. The van der Waals surface area contributed by atoms with E-state index < -0.39 is 11.4 Å². The van der Waals surface area contributed by atoms with Crippen molar-refractivity contribution in [3.8, 4) is 11.8 Å². The average molecular weight is 265 g/mol. The minimum Gasteiger partial charge on any atom is -0.472 e. The van der Waals surface area contributed by atoms with E-state index in [4.69, 9.17) is 14.6 Å². The van der Waals surface area contributed by atoms with Gasteiger partial charge in [0.25, 0.3) is 0 Å². The molecule has 0 fully saturated rings. The topological polar surface area (TPSA) is 71.6 Å². The lowest BCUT2D eigenvalue weighted by Gasteiger charge is -2.27. The highest BCUT2D eigenvalue weighted by Gasteiger charge is 2.31. The van der Waals surface area contributed by atoms with Crippen molar-refractivity contribution in [2.75, 3.05) is 27.4 Å². The number of nitrogens with one attached hydrogen (secondary N) is 1. The average Bonchev–Trinajstić information content (AvgIpc) is 2.93. The van der Waals surface area contributed by atoms with E-state index in [-0.39, 0.29) is 0 Å². The highest BCUT2D eigenvalue weighted by molar-refractivity contribution is 5.86. The zero-order valence-corrected chi connectivity index (χ0v) is 11.2. The van der Waals surface area contributed by atoms with Gasteiger partial charge in [0.15, 0.2) is 0 Å². The molecule has 1 aromatic heterocycles. The van der Waals surface area contributed by atoms with E-state index in [9.17, 15) is 4.79 Å². The van der Waals surface area contributed by atoms with E-state index in [1.165, 1.54) is 0 Å². The second kappa shape index (κ2) is 7.62. The van der Waals surface area contributed by atoms with Gasteiger partial charge in [0.1, 0.15) is 0 Å². The molecule has 2 N–H and O–H groups in total. The van der Waals surface area contributed by atoms with Gasteiger partial charge in [-0.15, -0.1) is 0 Å². The molecule has 0 saturated carbocycles. The van der Waals surface area contributed by atoms with Crippen LogP contribution in [-0.4, -0.2) is 43.5 Å². The van der Waals surface area contributed by atoms with E-state index in [0.717, 1.165) is 5.69 Å². The molecule has 0 unspecified atom stereocenters. The molecular formula is C14H19NO4. The summed E-state index contributed by atoms with van der Waals surface area (Å²) in [7, 11) is 3.22. The number of carboxylic acid groups (broad SMARTS) is 1. The summed E-state index contributed by atoms with van der Waals surface area (Å²) in [6.45, 7) is 0.994. The van der Waals surface area contributed by atoms with Crippen molar-refractivity contribution in [1.29, 1.82) is 0 Å². The Bertz CT molecular complexity index is 434. The number of rotatable bonds is 7. The second-order valence-electron chi connectivity index (χ2n) is 4.21. The van der Waals surface area contributed by atoms with E-state index in [1.807, 2.05) is 12.1 Å². The van der Waals surface area contributed by atoms with Gasteiger partial charge in [0.05, 0.1) is 5.41 Å². The molecule has 0 atom stereocenters. The summed E-state index contributed by atoms with van der Waals surface area (Å²) in [5, 5.41) is 8.78. The van der Waals surface area contributed by atoms with Crippen molar-refractivity contribution < 1.29 is 19.4 Å². The normalized spacial score (nSPS) is 10.8. The Hall–Kier alpha value is -1.77. The van der Waals surface area contributed by atoms with Crippen molar-refractivity contribution in [1.82, 2.24) is 4.98 Å². The van der Waals surface area contributed by atoms with Gasteiger partial charge < -0.3 is 19.6 Å². The van der Waals surface area contributed by atoms with Crippen LogP contribution in [0.5, 0.6) is 0 Å². The number of aromatic nitrogens is 1. The predicted octanol–water partition coefficient (Wildman–Crippen LogP) is 1.41. The van der Waals surface area contributed by atoms with Crippen LogP contribution in [0.15, 0.2) is 18.3 Å². The maximum Gasteiger partial charge on any atom is 0.381 e. The minimum atomic E-state index is -1.13. The van der Waals surface area contributed by atoms with Crippen molar-refractivity contribution in [3.63, 3.8) is 0 Å². The Morgan fingerprint density at radius 2 is 2.00 bits per heavy atom. The molecule has 104 valence electrons. The summed E-state index contributed by atoms with van der Waals surface area (Å²) < 4.78 is 10.2. The molecule has 0 amide bonds. The van der Waals surface area contributed by atoms with Crippen molar-refractivity contribution in [3.05, 3.63) is 24.0 Å². The smallest absolute Gasteiger partial charge is 0.381 e. The lowest BCUT2D eigenvalue weighted by Crippen LogP contribution is -2.28. The van der Waals surface area contributed by atoms with E-state index in [1.54, 1.807) is 20.4 Å². The fourth-order valence-corrected chi connectivity index (χ4v) is 1.94. The van der Waals surface area contributed by atoms with Crippen LogP contribution in [0.1, 0.15) is 18.5 Å². The SMILES string of the molecule is COCCC(C#CC(=O)O)(CCOC)c1ccc[nH]1. The first-order chi connectivity index (χ1) is 9.14. The number of aliphatic carboxylic acids is 1. The lowest BCUT2D eigenvalue weighted by molar-refractivity contribution is -0.130. The fraction of sp³-hybridized carbons (Fsp3) is 0.500. The number of carboxylic acids is 1. The Labute approximate surface area is 112 Å². The standard InChI is InChI=1S/C14H19NO4/c1-18-10-7-14(8-11-19-2,6-5-13(16)17)12-4-3-9-15-12/h3-4,9,15H,7-8,10-11H2,1-2H3,(H,16,17). The lowest BCUT2D eigenvalue weighted by atomic mass is 9.79. The third kappa shape index (κ3) is 4.43. The van der Waals surface area contributed by atoms with Gasteiger partial charge in [0.2, 0.25) is 0 Å². The van der Waals surface area contributed by atoms with Crippen LogP contribution in [0.2, 0.25) is 0 Å². The molecule has 0 aromatic carbocycles. The van der Waals surface area contributed by atoms with Gasteiger partial charge in [-0.25, -0.2) is 4.79 Å². The Balaban J connectivity index is 3.09. The molecule has 0 aliphatic heterocycles. The first-order valence-electron chi connectivity index (χ1n) is 6.02. The Morgan fingerprint density at radius 3 is 2.42 bits per heavy atom. The molecule has 0 bridgehead atoms. The molecule has 1 aromatic rings. The maximum atomic E-state index is 10.7. The Morgan fingerprint density at radius 1 is 1.37 bits per heavy atom. The van der Waals surface area contributed by atoms with E-state index in [0.29, 0.717) is 26.1 Å². The molecule has 1 heterocycles.